The molecular weight excluding hydrogens is 328 g/mol. The van der Waals surface area contributed by atoms with Crippen LogP contribution in [0, 0.1) is 6.92 Å². The number of hydrogen-bond acceptors (Lipinski definition) is 5. The number of carbonyl (C=O) groups excluding carboxylic acids is 1. The van der Waals surface area contributed by atoms with Crippen molar-refractivity contribution in [3.8, 4) is 11.5 Å². The van der Waals surface area contributed by atoms with E-state index in [1.165, 1.54) is 6.26 Å². The summed E-state index contributed by atoms with van der Waals surface area (Å²) < 4.78 is 21.7. The minimum atomic E-state index is -0.416. The predicted octanol–water partition coefficient (Wildman–Crippen LogP) is 3.44. The van der Waals surface area contributed by atoms with Crippen molar-refractivity contribution >= 4 is 21.9 Å². The molecule has 104 valence electrons. The molecule has 0 atom stereocenters. The summed E-state index contributed by atoms with van der Waals surface area (Å²) >= 11 is 3.42. The summed E-state index contributed by atoms with van der Waals surface area (Å²) in [5.41, 5.74) is 1.24. The minimum Gasteiger partial charge on any atom is -0.469 e. The third kappa shape index (κ3) is 2.38. The smallest absolute Gasteiger partial charge is 0.342 e. The van der Waals surface area contributed by atoms with Gasteiger partial charge in [-0.1, -0.05) is 15.9 Å². The number of fused-ring (bicyclic) bond motifs is 1. The molecule has 2 aromatic rings. The maximum Gasteiger partial charge on any atom is 0.342 e. The first-order chi connectivity index (χ1) is 9.65. The van der Waals surface area contributed by atoms with Crippen LogP contribution < -0.4 is 9.47 Å². The van der Waals surface area contributed by atoms with E-state index in [2.05, 4.69) is 15.9 Å². The van der Waals surface area contributed by atoms with Gasteiger partial charge in [-0.3, -0.25) is 0 Å². The second kappa shape index (κ2) is 5.20. The quantitative estimate of drug-likeness (QED) is 0.802. The average Bonchev–Trinajstić information content (AvgIpc) is 3.04. The Hall–Kier alpha value is -1.95. The van der Waals surface area contributed by atoms with Crippen molar-refractivity contribution in [3.05, 3.63) is 45.8 Å². The molecule has 0 amide bonds. The van der Waals surface area contributed by atoms with Crippen molar-refractivity contribution in [2.45, 2.75) is 13.5 Å². The molecule has 0 saturated carbocycles. The van der Waals surface area contributed by atoms with E-state index < -0.39 is 5.97 Å². The summed E-state index contributed by atoms with van der Waals surface area (Å²) in [6.45, 7) is 2.06. The Labute approximate surface area is 123 Å². The summed E-state index contributed by atoms with van der Waals surface area (Å²) in [5, 5.41) is 0. The number of benzene rings is 1. The van der Waals surface area contributed by atoms with Crippen molar-refractivity contribution in [2.24, 2.45) is 0 Å². The summed E-state index contributed by atoms with van der Waals surface area (Å²) in [7, 11) is 0. The lowest BCUT2D eigenvalue weighted by Gasteiger charge is -2.07. The second-order valence-electron chi connectivity index (χ2n) is 4.26. The van der Waals surface area contributed by atoms with Crippen molar-refractivity contribution in [3.63, 3.8) is 0 Å². The van der Waals surface area contributed by atoms with Gasteiger partial charge in [-0.2, -0.15) is 0 Å². The number of furan rings is 1. The molecule has 6 heteroatoms. The number of esters is 1. The van der Waals surface area contributed by atoms with Crippen molar-refractivity contribution in [2.75, 3.05) is 6.79 Å². The second-order valence-corrected chi connectivity index (χ2v) is 5.12. The lowest BCUT2D eigenvalue weighted by atomic mass is 10.2. The highest BCUT2D eigenvalue weighted by molar-refractivity contribution is 9.10. The van der Waals surface area contributed by atoms with Gasteiger partial charge in [0.25, 0.3) is 0 Å². The van der Waals surface area contributed by atoms with Crippen LogP contribution in [0.25, 0.3) is 0 Å². The van der Waals surface area contributed by atoms with Gasteiger partial charge in [0.1, 0.15) is 17.9 Å². The SMILES string of the molecule is Cc1occc1C(=O)OCc1cc2c(cc1Br)OCO2. The molecule has 0 aliphatic carbocycles. The van der Waals surface area contributed by atoms with E-state index in [0.29, 0.717) is 22.8 Å². The zero-order chi connectivity index (χ0) is 14.1. The highest BCUT2D eigenvalue weighted by atomic mass is 79.9. The molecule has 1 aliphatic heterocycles. The molecule has 0 radical (unpaired) electrons. The Morgan fingerprint density at radius 3 is 2.80 bits per heavy atom. The van der Waals surface area contributed by atoms with Crippen LogP contribution in [0.4, 0.5) is 0 Å². The number of rotatable bonds is 3. The molecular formula is C14H11BrO5. The Kier molecular flexibility index (Phi) is 3.40. The van der Waals surface area contributed by atoms with Gasteiger partial charge in [-0.25, -0.2) is 4.79 Å². The molecule has 1 aromatic carbocycles. The fourth-order valence-corrected chi connectivity index (χ4v) is 2.32. The van der Waals surface area contributed by atoms with Gasteiger partial charge < -0.3 is 18.6 Å². The maximum atomic E-state index is 11.9. The number of halogens is 1. The fraction of sp³-hybridized carbons (Fsp3) is 0.214. The summed E-state index contributed by atoms with van der Waals surface area (Å²) in [6, 6.07) is 5.18. The molecule has 20 heavy (non-hydrogen) atoms. The molecule has 3 rings (SSSR count). The first kappa shape index (κ1) is 13.1. The summed E-state index contributed by atoms with van der Waals surface area (Å²) in [6.07, 6.45) is 1.46. The Bertz CT molecular complexity index is 662. The zero-order valence-corrected chi connectivity index (χ0v) is 12.2. The zero-order valence-electron chi connectivity index (χ0n) is 10.6. The van der Waals surface area contributed by atoms with Gasteiger partial charge >= 0.3 is 5.97 Å². The molecule has 1 aliphatic rings. The van der Waals surface area contributed by atoms with Crippen molar-refractivity contribution < 1.29 is 23.4 Å². The van der Waals surface area contributed by atoms with E-state index >= 15 is 0 Å². The first-order valence-electron chi connectivity index (χ1n) is 5.94. The normalized spacial score (nSPS) is 12.5. The van der Waals surface area contributed by atoms with Crippen LogP contribution in [0.2, 0.25) is 0 Å². The Balaban J connectivity index is 1.73. The largest absolute Gasteiger partial charge is 0.469 e. The van der Waals surface area contributed by atoms with Crippen LogP contribution in [-0.4, -0.2) is 12.8 Å². The molecule has 0 spiro atoms. The third-order valence-electron chi connectivity index (χ3n) is 2.98. The molecule has 0 fully saturated rings. The topological polar surface area (TPSA) is 57.9 Å². The first-order valence-corrected chi connectivity index (χ1v) is 6.73. The Morgan fingerprint density at radius 1 is 1.35 bits per heavy atom. The van der Waals surface area contributed by atoms with Crippen molar-refractivity contribution in [1.82, 2.24) is 0 Å². The highest BCUT2D eigenvalue weighted by Crippen LogP contribution is 2.37. The van der Waals surface area contributed by atoms with E-state index in [-0.39, 0.29) is 13.4 Å². The average molecular weight is 339 g/mol. The minimum absolute atomic E-state index is 0.140. The van der Waals surface area contributed by atoms with Gasteiger partial charge in [0.15, 0.2) is 11.5 Å². The van der Waals surface area contributed by atoms with Gasteiger partial charge in [0, 0.05) is 10.0 Å². The number of hydrogen-bond donors (Lipinski definition) is 0. The third-order valence-corrected chi connectivity index (χ3v) is 3.72. The predicted molar refractivity (Wildman–Crippen MR) is 72.8 cm³/mol. The van der Waals surface area contributed by atoms with Crippen molar-refractivity contribution in [1.29, 1.82) is 0 Å². The van der Waals surface area contributed by atoms with Crippen LogP contribution in [0.3, 0.4) is 0 Å². The fourth-order valence-electron chi connectivity index (χ4n) is 1.89. The van der Waals surface area contributed by atoms with E-state index in [1.54, 1.807) is 25.1 Å². The standard InChI is InChI=1S/C14H11BrO5/c1-8-10(2-3-17-8)14(16)18-6-9-4-12-13(5-11(9)15)20-7-19-12/h2-5H,6-7H2,1H3. The molecule has 5 nitrogen and oxygen atoms in total. The molecule has 0 unspecified atom stereocenters. The number of carbonyl (C=O) groups is 1. The Morgan fingerprint density at radius 2 is 2.10 bits per heavy atom. The lowest BCUT2D eigenvalue weighted by molar-refractivity contribution is 0.0469. The molecule has 2 heterocycles. The highest BCUT2D eigenvalue weighted by Gasteiger charge is 2.18. The molecule has 1 aromatic heterocycles. The van der Waals surface area contributed by atoms with E-state index in [4.69, 9.17) is 18.6 Å². The van der Waals surface area contributed by atoms with Gasteiger partial charge in [-0.15, -0.1) is 0 Å². The summed E-state index contributed by atoms with van der Waals surface area (Å²) in [4.78, 5) is 11.9. The van der Waals surface area contributed by atoms with Crippen LogP contribution in [0.1, 0.15) is 21.7 Å². The van der Waals surface area contributed by atoms with Gasteiger partial charge in [0.2, 0.25) is 6.79 Å². The van der Waals surface area contributed by atoms with Gasteiger partial charge in [0.05, 0.1) is 6.26 Å². The van der Waals surface area contributed by atoms with Crippen LogP contribution in [0.15, 0.2) is 33.4 Å². The molecule has 0 N–H and O–H groups in total. The molecule has 0 bridgehead atoms. The van der Waals surface area contributed by atoms with Crippen LogP contribution >= 0.6 is 15.9 Å². The monoisotopic (exact) mass is 338 g/mol. The van der Waals surface area contributed by atoms with E-state index in [1.807, 2.05) is 0 Å². The number of ether oxygens (including phenoxy) is 3. The molecule has 0 saturated heterocycles. The van der Waals surface area contributed by atoms with Crippen LogP contribution in [-0.2, 0) is 11.3 Å². The van der Waals surface area contributed by atoms with Crippen LogP contribution in [0.5, 0.6) is 11.5 Å². The van der Waals surface area contributed by atoms with E-state index in [0.717, 1.165) is 10.0 Å². The lowest BCUT2D eigenvalue weighted by Crippen LogP contribution is -2.05. The number of aryl methyl sites for hydroxylation is 1. The van der Waals surface area contributed by atoms with Gasteiger partial charge in [-0.05, 0) is 25.1 Å². The van der Waals surface area contributed by atoms with E-state index in [9.17, 15) is 4.79 Å². The summed E-state index contributed by atoms with van der Waals surface area (Å²) in [5.74, 6) is 1.46. The maximum absolute atomic E-state index is 11.9.